The molecule has 0 spiro atoms. The van der Waals surface area contributed by atoms with Crippen molar-refractivity contribution in [2.45, 2.75) is 127 Å². The molecule has 42 heavy (non-hydrogen) atoms. The molecule has 0 aromatic carbocycles. The molecule has 240 valence electrons. The van der Waals surface area contributed by atoms with Crippen molar-refractivity contribution >= 4 is 0 Å². The Kier molecular flexibility index (Phi) is 10.6. The predicted octanol–water partition coefficient (Wildman–Crippen LogP) is 8.46. The maximum Gasteiger partial charge on any atom is 0.429 e. The van der Waals surface area contributed by atoms with Crippen LogP contribution in [0.3, 0.4) is 0 Å². The number of aliphatic hydroxyl groups excluding tert-OH is 1. The molecule has 0 bridgehead atoms. The van der Waals surface area contributed by atoms with E-state index in [0.717, 1.165) is 38.2 Å². The van der Waals surface area contributed by atoms with Crippen LogP contribution in [0.4, 0.5) is 30.7 Å². The fraction of sp³-hybridized carbons (Fsp3) is 0.750. The van der Waals surface area contributed by atoms with Gasteiger partial charge in [0.05, 0.1) is 11.7 Å². The highest BCUT2D eigenvalue weighted by atomic mass is 19.4. The van der Waals surface area contributed by atoms with Crippen molar-refractivity contribution in [2.75, 3.05) is 0 Å². The van der Waals surface area contributed by atoms with Gasteiger partial charge in [-0.2, -0.15) is 26.3 Å². The van der Waals surface area contributed by atoms with Gasteiger partial charge < -0.3 is 15.3 Å². The van der Waals surface area contributed by atoms with Crippen molar-refractivity contribution in [1.29, 1.82) is 0 Å². The minimum absolute atomic E-state index is 0.0110. The van der Waals surface area contributed by atoms with E-state index in [2.05, 4.69) is 13.5 Å². The number of halogens is 7. The Balaban J connectivity index is 1.87. The van der Waals surface area contributed by atoms with E-state index in [4.69, 9.17) is 0 Å². The van der Waals surface area contributed by atoms with Gasteiger partial charge in [-0.15, -0.1) is 0 Å². The van der Waals surface area contributed by atoms with E-state index in [0.29, 0.717) is 36.8 Å². The SMILES string of the molecule is C=C1/C(=C\C=C2/CCC[C@@]3(C)C2CCC3C(C/C=C/C(O)(C(F)(F)F)C(F)(F)F)CCCC(C)(C)O)C[C@@H](O)C[C@@H]1F. The van der Waals surface area contributed by atoms with Crippen LogP contribution in [0.2, 0.25) is 0 Å². The third-order valence-electron chi connectivity index (χ3n) is 9.86. The average molecular weight is 611 g/mol. The molecule has 3 nitrogen and oxygen atoms in total. The highest BCUT2D eigenvalue weighted by molar-refractivity contribution is 5.38. The van der Waals surface area contributed by atoms with Crippen molar-refractivity contribution in [1.82, 2.24) is 0 Å². The molecule has 0 saturated heterocycles. The van der Waals surface area contributed by atoms with Crippen LogP contribution in [0.15, 0.2) is 47.6 Å². The lowest BCUT2D eigenvalue weighted by molar-refractivity contribution is -0.347. The summed E-state index contributed by atoms with van der Waals surface area (Å²) in [4.78, 5) is 0. The highest BCUT2D eigenvalue weighted by Gasteiger charge is 2.69. The van der Waals surface area contributed by atoms with Gasteiger partial charge in [0.1, 0.15) is 6.17 Å². The average Bonchev–Trinajstić information content (AvgIpc) is 3.19. The minimum atomic E-state index is -5.91. The number of alkyl halides is 7. The fourth-order valence-electron chi connectivity index (χ4n) is 7.53. The Morgan fingerprint density at radius 1 is 1.05 bits per heavy atom. The van der Waals surface area contributed by atoms with Gasteiger partial charge in [0.15, 0.2) is 0 Å². The molecule has 0 amide bonds. The van der Waals surface area contributed by atoms with Crippen LogP contribution in [0.25, 0.3) is 0 Å². The molecule has 3 aliphatic carbocycles. The van der Waals surface area contributed by atoms with E-state index in [1.54, 1.807) is 13.8 Å². The monoisotopic (exact) mass is 610 g/mol. The first-order valence-corrected chi connectivity index (χ1v) is 14.9. The van der Waals surface area contributed by atoms with Crippen LogP contribution in [0.1, 0.15) is 91.4 Å². The lowest BCUT2D eigenvalue weighted by Crippen LogP contribution is -2.55. The highest BCUT2D eigenvalue weighted by Crippen LogP contribution is 2.60. The molecule has 6 atom stereocenters. The number of hydrogen-bond acceptors (Lipinski definition) is 3. The zero-order valence-corrected chi connectivity index (χ0v) is 24.7. The molecule has 0 aromatic rings. The van der Waals surface area contributed by atoms with Gasteiger partial charge in [-0.25, -0.2) is 4.39 Å². The van der Waals surface area contributed by atoms with E-state index in [1.807, 2.05) is 12.2 Å². The summed E-state index contributed by atoms with van der Waals surface area (Å²) in [6.07, 6.45) is -3.52. The van der Waals surface area contributed by atoms with Gasteiger partial charge in [-0.05, 0) is 112 Å². The van der Waals surface area contributed by atoms with Gasteiger partial charge >= 0.3 is 12.4 Å². The number of allylic oxidation sites excluding steroid dienone is 5. The van der Waals surface area contributed by atoms with Crippen molar-refractivity contribution in [3.63, 3.8) is 0 Å². The number of fused-ring (bicyclic) bond motifs is 1. The molecule has 0 aliphatic heterocycles. The summed E-state index contributed by atoms with van der Waals surface area (Å²) in [5.74, 6) is -0.0847. The zero-order valence-electron chi connectivity index (χ0n) is 24.7. The van der Waals surface area contributed by atoms with Crippen LogP contribution >= 0.6 is 0 Å². The minimum Gasteiger partial charge on any atom is -0.393 e. The van der Waals surface area contributed by atoms with Crippen LogP contribution in [0.5, 0.6) is 0 Å². The summed E-state index contributed by atoms with van der Waals surface area (Å²) < 4.78 is 93.8. The van der Waals surface area contributed by atoms with Crippen LogP contribution in [0, 0.1) is 23.2 Å². The lowest BCUT2D eigenvalue weighted by atomic mass is 9.60. The Morgan fingerprint density at radius 2 is 1.69 bits per heavy atom. The molecular formula is C32H45F7O3. The Labute approximate surface area is 244 Å². The predicted molar refractivity (Wildman–Crippen MR) is 148 cm³/mol. The molecule has 0 aromatic heterocycles. The molecule has 3 unspecified atom stereocenters. The molecule has 3 aliphatic rings. The van der Waals surface area contributed by atoms with Gasteiger partial charge in [0.25, 0.3) is 5.60 Å². The van der Waals surface area contributed by atoms with Crippen molar-refractivity contribution in [3.05, 3.63) is 47.6 Å². The topological polar surface area (TPSA) is 60.7 Å². The molecule has 3 saturated carbocycles. The van der Waals surface area contributed by atoms with Crippen molar-refractivity contribution < 1.29 is 46.1 Å². The first-order valence-electron chi connectivity index (χ1n) is 14.9. The number of rotatable bonds is 9. The second kappa shape index (κ2) is 12.8. The zero-order chi connectivity index (χ0) is 31.7. The molecule has 10 heteroatoms. The van der Waals surface area contributed by atoms with E-state index < -0.39 is 35.8 Å². The third-order valence-corrected chi connectivity index (χ3v) is 9.86. The number of aliphatic hydroxyl groups is 3. The maximum absolute atomic E-state index is 14.3. The summed E-state index contributed by atoms with van der Waals surface area (Å²) in [7, 11) is 0. The smallest absolute Gasteiger partial charge is 0.393 e. The van der Waals surface area contributed by atoms with Gasteiger partial charge in [0.2, 0.25) is 0 Å². The van der Waals surface area contributed by atoms with E-state index >= 15 is 0 Å². The Morgan fingerprint density at radius 3 is 2.29 bits per heavy atom. The molecule has 3 fully saturated rings. The van der Waals surface area contributed by atoms with E-state index in [1.165, 1.54) is 5.57 Å². The van der Waals surface area contributed by atoms with E-state index in [9.17, 15) is 46.1 Å². The third kappa shape index (κ3) is 7.70. The quantitative estimate of drug-likeness (QED) is 0.181. The van der Waals surface area contributed by atoms with Crippen molar-refractivity contribution in [3.8, 4) is 0 Å². The summed E-state index contributed by atoms with van der Waals surface area (Å²) in [6, 6.07) is 0. The molecule has 0 heterocycles. The Hall–Kier alpha value is -1.65. The van der Waals surface area contributed by atoms with Crippen LogP contribution in [-0.2, 0) is 0 Å². The number of hydrogen-bond donors (Lipinski definition) is 3. The summed E-state index contributed by atoms with van der Waals surface area (Å²) in [6.45, 7) is 9.29. The maximum atomic E-state index is 14.3. The normalized spacial score (nSPS) is 32.6. The van der Waals surface area contributed by atoms with Crippen LogP contribution in [-0.4, -0.2) is 51.1 Å². The Bertz CT molecular complexity index is 1040. The van der Waals surface area contributed by atoms with Gasteiger partial charge in [0, 0.05) is 6.42 Å². The lowest BCUT2D eigenvalue weighted by Gasteiger charge is -2.45. The fourth-order valence-corrected chi connectivity index (χ4v) is 7.53. The standard InChI is InChI=1S/C32H45F7O3/c1-20-23(18-24(40)19-27(20)33)12-11-22-9-6-16-29(4)25(13-14-26(22)29)21(8-5-15-28(2,3)41)10-7-17-30(42,31(34,35)36)32(37,38)39/h7,11-12,17,21,24-27,40-42H,1,5-6,8-10,13-16,18-19H2,2-4H3/b17-7+,22-11+,23-12-/t21?,24-,25?,26?,27+,29-/m1/s1. The summed E-state index contributed by atoms with van der Waals surface area (Å²) in [5, 5.41) is 29.8. The summed E-state index contributed by atoms with van der Waals surface area (Å²) in [5.41, 5.74) is -3.91. The first-order chi connectivity index (χ1) is 19.2. The molecule has 3 rings (SSSR count). The first kappa shape index (κ1) is 34.8. The van der Waals surface area contributed by atoms with Crippen molar-refractivity contribution in [2.24, 2.45) is 23.2 Å². The largest absolute Gasteiger partial charge is 0.429 e. The second-order valence-electron chi connectivity index (χ2n) is 13.5. The van der Waals surface area contributed by atoms with Gasteiger partial charge in [-0.1, -0.05) is 43.7 Å². The molecule has 3 N–H and O–H groups in total. The van der Waals surface area contributed by atoms with Crippen LogP contribution < -0.4 is 0 Å². The molecule has 0 radical (unpaired) electrons. The van der Waals surface area contributed by atoms with Gasteiger partial charge in [-0.3, -0.25) is 0 Å². The van der Waals surface area contributed by atoms with E-state index in [-0.39, 0.29) is 42.1 Å². The second-order valence-corrected chi connectivity index (χ2v) is 13.5. The summed E-state index contributed by atoms with van der Waals surface area (Å²) >= 11 is 0. The molecular weight excluding hydrogens is 565 g/mol.